The van der Waals surface area contributed by atoms with Crippen molar-refractivity contribution in [2.45, 2.75) is 13.0 Å². The van der Waals surface area contributed by atoms with Crippen molar-refractivity contribution in [3.8, 4) is 0 Å². The first-order valence-electron chi connectivity index (χ1n) is 6.54. The fourth-order valence-corrected chi connectivity index (χ4v) is 2.43. The highest BCUT2D eigenvalue weighted by molar-refractivity contribution is 5.85. The SMILES string of the molecule is Cc1cc(C(O)c2cccc3ccncc23)c(F)cc1F. The smallest absolute Gasteiger partial charge is 0.132 e. The number of fused-ring (bicyclic) bond motifs is 1. The molecule has 0 radical (unpaired) electrons. The molecule has 1 aromatic heterocycles. The molecule has 1 heterocycles. The monoisotopic (exact) mass is 285 g/mol. The van der Waals surface area contributed by atoms with Crippen molar-refractivity contribution in [2.24, 2.45) is 0 Å². The Kier molecular flexibility index (Phi) is 3.39. The Morgan fingerprint density at radius 2 is 1.86 bits per heavy atom. The van der Waals surface area contributed by atoms with Crippen LogP contribution in [0, 0.1) is 18.6 Å². The third-order valence-corrected chi connectivity index (χ3v) is 3.58. The van der Waals surface area contributed by atoms with Crippen LogP contribution in [0.25, 0.3) is 10.8 Å². The molecule has 106 valence electrons. The summed E-state index contributed by atoms with van der Waals surface area (Å²) in [5.74, 6) is -1.38. The van der Waals surface area contributed by atoms with E-state index in [1.54, 1.807) is 24.5 Å². The number of aliphatic hydroxyl groups excluding tert-OH is 1. The zero-order chi connectivity index (χ0) is 15.0. The van der Waals surface area contributed by atoms with E-state index in [2.05, 4.69) is 4.98 Å². The van der Waals surface area contributed by atoms with Crippen LogP contribution in [0.4, 0.5) is 8.78 Å². The molecule has 0 amide bonds. The summed E-state index contributed by atoms with van der Waals surface area (Å²) in [6.45, 7) is 1.54. The molecule has 0 aliphatic rings. The van der Waals surface area contributed by atoms with Gasteiger partial charge in [0.25, 0.3) is 0 Å². The van der Waals surface area contributed by atoms with Crippen LogP contribution in [0.5, 0.6) is 0 Å². The van der Waals surface area contributed by atoms with E-state index in [-0.39, 0.29) is 5.56 Å². The molecule has 1 N–H and O–H groups in total. The summed E-state index contributed by atoms with van der Waals surface area (Å²) >= 11 is 0. The predicted octanol–water partition coefficient (Wildman–Crippen LogP) is 3.90. The van der Waals surface area contributed by atoms with Crippen molar-refractivity contribution in [2.75, 3.05) is 0 Å². The molecule has 3 aromatic rings. The molecule has 21 heavy (non-hydrogen) atoms. The molecule has 2 aromatic carbocycles. The van der Waals surface area contributed by atoms with E-state index in [1.165, 1.54) is 13.0 Å². The topological polar surface area (TPSA) is 33.1 Å². The van der Waals surface area contributed by atoms with E-state index >= 15 is 0 Å². The van der Waals surface area contributed by atoms with E-state index in [1.807, 2.05) is 12.1 Å². The zero-order valence-electron chi connectivity index (χ0n) is 11.3. The first-order chi connectivity index (χ1) is 10.1. The Morgan fingerprint density at radius 3 is 2.67 bits per heavy atom. The van der Waals surface area contributed by atoms with Gasteiger partial charge in [-0.3, -0.25) is 4.98 Å². The Balaban J connectivity index is 2.17. The second kappa shape index (κ2) is 5.22. The molecule has 0 bridgehead atoms. The van der Waals surface area contributed by atoms with E-state index in [0.717, 1.165) is 16.8 Å². The lowest BCUT2D eigenvalue weighted by Crippen LogP contribution is -2.05. The summed E-state index contributed by atoms with van der Waals surface area (Å²) in [4.78, 5) is 4.04. The summed E-state index contributed by atoms with van der Waals surface area (Å²) in [6.07, 6.45) is 2.11. The highest BCUT2D eigenvalue weighted by Crippen LogP contribution is 2.30. The minimum absolute atomic E-state index is 0.0604. The van der Waals surface area contributed by atoms with Gasteiger partial charge in [-0.05, 0) is 35.6 Å². The molecule has 0 saturated heterocycles. The van der Waals surface area contributed by atoms with Crippen LogP contribution in [0.2, 0.25) is 0 Å². The third-order valence-electron chi connectivity index (χ3n) is 3.58. The summed E-state index contributed by atoms with van der Waals surface area (Å²) in [7, 11) is 0. The number of hydrogen-bond acceptors (Lipinski definition) is 2. The Hall–Kier alpha value is -2.33. The molecule has 0 aliphatic carbocycles. The number of aliphatic hydroxyl groups is 1. The van der Waals surface area contributed by atoms with Crippen LogP contribution in [0.15, 0.2) is 48.8 Å². The lowest BCUT2D eigenvalue weighted by molar-refractivity contribution is 0.216. The summed E-state index contributed by atoms with van der Waals surface area (Å²) in [5.41, 5.74) is 0.902. The van der Waals surface area contributed by atoms with Gasteiger partial charge in [-0.25, -0.2) is 8.78 Å². The minimum atomic E-state index is -1.17. The van der Waals surface area contributed by atoms with Gasteiger partial charge in [0.15, 0.2) is 0 Å². The first-order valence-corrected chi connectivity index (χ1v) is 6.54. The highest BCUT2D eigenvalue weighted by Gasteiger charge is 2.19. The average molecular weight is 285 g/mol. The van der Waals surface area contributed by atoms with Gasteiger partial charge in [0.1, 0.15) is 17.7 Å². The van der Waals surface area contributed by atoms with Crippen LogP contribution in [-0.4, -0.2) is 10.1 Å². The van der Waals surface area contributed by atoms with Gasteiger partial charge in [0.2, 0.25) is 0 Å². The maximum absolute atomic E-state index is 14.0. The average Bonchev–Trinajstić information content (AvgIpc) is 2.49. The molecule has 1 unspecified atom stereocenters. The van der Waals surface area contributed by atoms with Crippen LogP contribution in [0.3, 0.4) is 0 Å². The molecule has 3 rings (SSSR count). The molecule has 1 atom stereocenters. The van der Waals surface area contributed by atoms with Crippen molar-refractivity contribution in [1.82, 2.24) is 4.98 Å². The quantitative estimate of drug-likeness (QED) is 0.774. The molecule has 4 heteroatoms. The highest BCUT2D eigenvalue weighted by atomic mass is 19.1. The summed E-state index contributed by atoms with van der Waals surface area (Å²) < 4.78 is 27.3. The molecule has 2 nitrogen and oxygen atoms in total. The van der Waals surface area contributed by atoms with Crippen molar-refractivity contribution in [1.29, 1.82) is 0 Å². The van der Waals surface area contributed by atoms with Crippen molar-refractivity contribution in [3.05, 3.63) is 77.1 Å². The largest absolute Gasteiger partial charge is 0.384 e. The van der Waals surface area contributed by atoms with Crippen LogP contribution in [-0.2, 0) is 0 Å². The number of pyridine rings is 1. The number of aromatic nitrogens is 1. The summed E-state index contributed by atoms with van der Waals surface area (Å²) in [6, 6.07) is 9.35. The standard InChI is InChI=1S/C17H13F2NO/c1-10-7-13(16(19)8-15(10)18)17(21)12-4-2-3-11-5-6-20-9-14(11)12/h2-9,17,21H,1H3. The molecular formula is C17H13F2NO. The lowest BCUT2D eigenvalue weighted by atomic mass is 9.95. The van der Waals surface area contributed by atoms with Crippen LogP contribution in [0.1, 0.15) is 22.8 Å². The van der Waals surface area contributed by atoms with Crippen LogP contribution >= 0.6 is 0 Å². The second-order valence-corrected chi connectivity index (χ2v) is 4.97. The number of halogens is 2. The fraction of sp³-hybridized carbons (Fsp3) is 0.118. The fourth-order valence-electron chi connectivity index (χ4n) is 2.43. The molecule has 0 saturated carbocycles. The molecule has 0 fully saturated rings. The number of benzene rings is 2. The van der Waals surface area contributed by atoms with E-state index < -0.39 is 17.7 Å². The van der Waals surface area contributed by atoms with Gasteiger partial charge < -0.3 is 5.11 Å². The van der Waals surface area contributed by atoms with Gasteiger partial charge in [-0.2, -0.15) is 0 Å². The number of rotatable bonds is 2. The van der Waals surface area contributed by atoms with E-state index in [0.29, 0.717) is 11.1 Å². The molecule has 0 spiro atoms. The maximum Gasteiger partial charge on any atom is 0.132 e. The van der Waals surface area contributed by atoms with Gasteiger partial charge in [-0.1, -0.05) is 18.2 Å². The van der Waals surface area contributed by atoms with Crippen molar-refractivity contribution < 1.29 is 13.9 Å². The number of aryl methyl sites for hydroxylation is 1. The van der Waals surface area contributed by atoms with E-state index in [9.17, 15) is 13.9 Å². The third kappa shape index (κ3) is 2.38. The lowest BCUT2D eigenvalue weighted by Gasteiger charge is -2.15. The van der Waals surface area contributed by atoms with Gasteiger partial charge >= 0.3 is 0 Å². The Labute approximate surface area is 120 Å². The number of nitrogens with zero attached hydrogens (tertiary/aromatic N) is 1. The maximum atomic E-state index is 14.0. The van der Waals surface area contributed by atoms with Gasteiger partial charge in [-0.15, -0.1) is 0 Å². The second-order valence-electron chi connectivity index (χ2n) is 4.97. The van der Waals surface area contributed by atoms with E-state index in [4.69, 9.17) is 0 Å². The van der Waals surface area contributed by atoms with Crippen molar-refractivity contribution >= 4 is 10.8 Å². The number of hydrogen-bond donors (Lipinski definition) is 1. The Morgan fingerprint density at radius 1 is 1.05 bits per heavy atom. The van der Waals surface area contributed by atoms with Crippen molar-refractivity contribution in [3.63, 3.8) is 0 Å². The van der Waals surface area contributed by atoms with Crippen LogP contribution < -0.4 is 0 Å². The van der Waals surface area contributed by atoms with Gasteiger partial charge in [0.05, 0.1) is 0 Å². The minimum Gasteiger partial charge on any atom is -0.384 e. The molecular weight excluding hydrogens is 272 g/mol. The van der Waals surface area contributed by atoms with Gasteiger partial charge in [0, 0.05) is 29.4 Å². The normalized spacial score (nSPS) is 12.6. The zero-order valence-corrected chi connectivity index (χ0v) is 11.3. The predicted molar refractivity (Wildman–Crippen MR) is 76.9 cm³/mol. The summed E-state index contributed by atoms with van der Waals surface area (Å²) in [5, 5.41) is 12.1. The molecule has 0 aliphatic heterocycles. The first kappa shape index (κ1) is 13.6. The Bertz CT molecular complexity index is 812.